The molecule has 0 atom stereocenters. The second-order valence-electron chi connectivity index (χ2n) is 2.53. The fraction of sp³-hybridized carbons (Fsp3) is 0.125. The summed E-state index contributed by atoms with van der Waals surface area (Å²) in [6.07, 6.45) is 0. The van der Waals surface area contributed by atoms with Gasteiger partial charge in [-0.3, -0.25) is 0 Å². The van der Waals surface area contributed by atoms with Crippen molar-refractivity contribution in [3.05, 3.63) is 21.3 Å². The zero-order valence-electron chi connectivity index (χ0n) is 7.49. The summed E-state index contributed by atoms with van der Waals surface area (Å²) in [5.74, 6) is 0.0713. The van der Waals surface area contributed by atoms with Gasteiger partial charge in [-0.25, -0.2) is 8.42 Å². The van der Waals surface area contributed by atoms with Gasteiger partial charge in [0.1, 0.15) is 16.7 Å². The van der Waals surface area contributed by atoms with Crippen molar-refractivity contribution >= 4 is 42.3 Å². The molecule has 0 unspecified atom stereocenters. The normalized spacial score (nSPS) is 10.8. The van der Waals surface area contributed by atoms with E-state index in [0.717, 1.165) is 0 Å². The summed E-state index contributed by atoms with van der Waals surface area (Å²) in [5.41, 5.74) is 0.344. The van der Waals surface area contributed by atoms with Gasteiger partial charge >= 0.3 is 0 Å². The molecule has 0 bridgehead atoms. The molecule has 0 aliphatic rings. The van der Waals surface area contributed by atoms with Crippen molar-refractivity contribution in [2.45, 2.75) is 4.90 Å². The van der Waals surface area contributed by atoms with Crippen LogP contribution < -0.4 is 4.74 Å². The Morgan fingerprint density at radius 2 is 2.13 bits per heavy atom. The number of rotatable bonds is 2. The molecule has 1 aromatic rings. The first-order chi connectivity index (χ1) is 6.90. The van der Waals surface area contributed by atoms with E-state index in [1.165, 1.54) is 19.2 Å². The van der Waals surface area contributed by atoms with Crippen LogP contribution in [0.25, 0.3) is 0 Å². The molecule has 0 amide bonds. The van der Waals surface area contributed by atoms with Crippen molar-refractivity contribution in [2.24, 2.45) is 0 Å². The molecule has 4 nitrogen and oxygen atoms in total. The van der Waals surface area contributed by atoms with Crippen LogP contribution in [-0.2, 0) is 9.05 Å². The largest absolute Gasteiger partial charge is 0.495 e. The van der Waals surface area contributed by atoms with Gasteiger partial charge in [0.15, 0.2) is 0 Å². The van der Waals surface area contributed by atoms with Gasteiger partial charge in [-0.05, 0) is 28.7 Å². The van der Waals surface area contributed by atoms with Gasteiger partial charge in [-0.1, -0.05) is 0 Å². The minimum absolute atomic E-state index is 0.0713. The molecule has 1 aromatic carbocycles. The highest BCUT2D eigenvalue weighted by molar-refractivity contribution is 14.1. The summed E-state index contributed by atoms with van der Waals surface area (Å²) in [4.78, 5) is -0.130. The third-order valence-corrected chi connectivity index (χ3v) is 3.87. The van der Waals surface area contributed by atoms with E-state index in [1.54, 1.807) is 0 Å². The maximum absolute atomic E-state index is 11.2. The first-order valence-electron chi connectivity index (χ1n) is 3.62. The Labute approximate surface area is 105 Å². The van der Waals surface area contributed by atoms with Crippen molar-refractivity contribution in [1.29, 1.82) is 5.26 Å². The fourth-order valence-corrected chi connectivity index (χ4v) is 2.77. The lowest BCUT2D eigenvalue weighted by Crippen LogP contribution is -1.98. The molecule has 0 spiro atoms. The average Bonchev–Trinajstić information content (AvgIpc) is 2.16. The monoisotopic (exact) mass is 357 g/mol. The first kappa shape index (κ1) is 12.5. The first-order valence-corrected chi connectivity index (χ1v) is 7.01. The molecule has 0 heterocycles. The van der Waals surface area contributed by atoms with Crippen molar-refractivity contribution in [3.63, 3.8) is 0 Å². The number of ether oxygens (including phenoxy) is 1. The summed E-state index contributed by atoms with van der Waals surface area (Å²) < 4.78 is 27.7. The van der Waals surface area contributed by atoms with Gasteiger partial charge in [0, 0.05) is 20.3 Å². The SMILES string of the molecule is COc1cc(C#N)c(I)cc1S(=O)(=O)Cl. The molecule has 0 aromatic heterocycles. The third-order valence-electron chi connectivity index (χ3n) is 1.64. The van der Waals surface area contributed by atoms with E-state index in [0.29, 0.717) is 9.13 Å². The molecule has 15 heavy (non-hydrogen) atoms. The number of hydrogen-bond acceptors (Lipinski definition) is 4. The second-order valence-corrected chi connectivity index (χ2v) is 6.23. The third kappa shape index (κ3) is 2.74. The Morgan fingerprint density at radius 3 is 2.53 bits per heavy atom. The molecule has 7 heteroatoms. The van der Waals surface area contributed by atoms with E-state index in [-0.39, 0.29) is 10.6 Å². The predicted molar refractivity (Wildman–Crippen MR) is 63.5 cm³/mol. The molecular formula is C8H5ClINO3S. The zero-order chi connectivity index (χ0) is 11.6. The van der Waals surface area contributed by atoms with E-state index in [2.05, 4.69) is 0 Å². The summed E-state index contributed by atoms with van der Waals surface area (Å²) in [6.45, 7) is 0. The van der Waals surface area contributed by atoms with E-state index < -0.39 is 9.05 Å². The smallest absolute Gasteiger partial charge is 0.265 e. The Bertz CT molecular complexity index is 536. The van der Waals surface area contributed by atoms with Crippen molar-refractivity contribution < 1.29 is 13.2 Å². The van der Waals surface area contributed by atoms with Crippen LogP contribution in [0.4, 0.5) is 0 Å². The molecule has 0 aliphatic heterocycles. The molecule has 0 saturated carbocycles. The molecule has 1 rings (SSSR count). The molecule has 0 saturated heterocycles. The Morgan fingerprint density at radius 1 is 1.53 bits per heavy atom. The van der Waals surface area contributed by atoms with Gasteiger partial charge in [0.2, 0.25) is 0 Å². The summed E-state index contributed by atoms with van der Waals surface area (Å²) in [5, 5.41) is 8.74. The summed E-state index contributed by atoms with van der Waals surface area (Å²) in [7, 11) is 2.67. The standard InChI is InChI=1S/C8H5ClINO3S/c1-14-7-2-5(4-11)6(10)3-8(7)15(9,12)13/h2-3H,1H3. The van der Waals surface area contributed by atoms with Crippen LogP contribution in [-0.4, -0.2) is 15.5 Å². The van der Waals surface area contributed by atoms with Crippen LogP contribution in [0.2, 0.25) is 0 Å². The Kier molecular flexibility index (Phi) is 3.81. The summed E-state index contributed by atoms with van der Waals surface area (Å²) >= 11 is 1.86. The zero-order valence-corrected chi connectivity index (χ0v) is 11.2. The van der Waals surface area contributed by atoms with Crippen LogP contribution in [0.15, 0.2) is 17.0 Å². The number of benzene rings is 1. The van der Waals surface area contributed by atoms with Crippen molar-refractivity contribution in [3.8, 4) is 11.8 Å². The molecular weight excluding hydrogens is 353 g/mol. The maximum atomic E-state index is 11.2. The molecule has 0 fully saturated rings. The fourth-order valence-electron chi connectivity index (χ4n) is 0.971. The van der Waals surface area contributed by atoms with E-state index in [1.807, 2.05) is 28.7 Å². The molecule has 80 valence electrons. The van der Waals surface area contributed by atoms with Crippen LogP contribution in [0.1, 0.15) is 5.56 Å². The number of halogens is 2. The van der Waals surface area contributed by atoms with Crippen LogP contribution in [0.3, 0.4) is 0 Å². The highest BCUT2D eigenvalue weighted by atomic mass is 127. The molecule has 0 N–H and O–H groups in total. The number of nitriles is 1. The van der Waals surface area contributed by atoms with Crippen LogP contribution in [0, 0.1) is 14.9 Å². The van der Waals surface area contributed by atoms with Crippen LogP contribution in [0.5, 0.6) is 5.75 Å². The average molecular weight is 358 g/mol. The van der Waals surface area contributed by atoms with Crippen molar-refractivity contribution in [1.82, 2.24) is 0 Å². The lowest BCUT2D eigenvalue weighted by Gasteiger charge is -2.06. The maximum Gasteiger partial charge on any atom is 0.265 e. The van der Waals surface area contributed by atoms with Gasteiger partial charge < -0.3 is 4.74 Å². The number of nitrogens with zero attached hydrogens (tertiary/aromatic N) is 1. The molecule has 0 radical (unpaired) electrons. The minimum Gasteiger partial charge on any atom is -0.495 e. The van der Waals surface area contributed by atoms with Gasteiger partial charge in [-0.2, -0.15) is 5.26 Å². The number of methoxy groups -OCH3 is 1. The predicted octanol–water partition coefficient (Wildman–Crippen LogP) is 2.10. The highest BCUT2D eigenvalue weighted by Gasteiger charge is 2.19. The van der Waals surface area contributed by atoms with E-state index >= 15 is 0 Å². The van der Waals surface area contributed by atoms with Crippen LogP contribution >= 0.6 is 33.3 Å². The van der Waals surface area contributed by atoms with Gasteiger partial charge in [0.05, 0.1) is 12.7 Å². The number of hydrogen-bond donors (Lipinski definition) is 0. The molecule has 0 aliphatic carbocycles. The Balaban J connectivity index is 3.57. The Hall–Kier alpha value is -0.520. The topological polar surface area (TPSA) is 67.2 Å². The van der Waals surface area contributed by atoms with E-state index in [9.17, 15) is 8.42 Å². The quantitative estimate of drug-likeness (QED) is 0.600. The van der Waals surface area contributed by atoms with E-state index in [4.69, 9.17) is 20.7 Å². The van der Waals surface area contributed by atoms with Crippen molar-refractivity contribution in [2.75, 3.05) is 7.11 Å². The summed E-state index contributed by atoms with van der Waals surface area (Å²) in [6, 6.07) is 4.57. The van der Waals surface area contributed by atoms with Gasteiger partial charge in [0.25, 0.3) is 9.05 Å². The highest BCUT2D eigenvalue weighted by Crippen LogP contribution is 2.30. The lowest BCUT2D eigenvalue weighted by atomic mass is 10.2. The van der Waals surface area contributed by atoms with Gasteiger partial charge in [-0.15, -0.1) is 0 Å². The second kappa shape index (κ2) is 4.55. The minimum atomic E-state index is -3.86. The lowest BCUT2D eigenvalue weighted by molar-refractivity contribution is 0.403.